The van der Waals surface area contributed by atoms with Crippen molar-refractivity contribution in [2.45, 2.75) is 39.5 Å². The first-order chi connectivity index (χ1) is 15.8. The highest BCUT2D eigenvalue weighted by atomic mass is 19.1. The summed E-state index contributed by atoms with van der Waals surface area (Å²) in [6.45, 7) is 10.4. The Balaban J connectivity index is 1.26. The number of carbonyl (C=O) groups is 1. The standard InChI is InChI=1S/C26H31FN4O2/c1-26(2,3)21-6-10-23(11-7-21)33-19-31-13-12-24(28-31)25(32)30-16-14-29(15-17-30)18-20-4-8-22(27)9-5-20/h4-13H,14-19H2,1-3H3. The van der Waals surface area contributed by atoms with E-state index < -0.39 is 0 Å². The van der Waals surface area contributed by atoms with E-state index >= 15 is 0 Å². The van der Waals surface area contributed by atoms with Crippen molar-refractivity contribution in [2.24, 2.45) is 0 Å². The molecule has 6 nitrogen and oxygen atoms in total. The van der Waals surface area contributed by atoms with Gasteiger partial charge in [0.1, 0.15) is 11.6 Å². The molecule has 4 rings (SSSR count). The second-order valence-corrected chi connectivity index (χ2v) is 9.48. The predicted molar refractivity (Wildman–Crippen MR) is 126 cm³/mol. The minimum Gasteiger partial charge on any atom is -0.471 e. The molecule has 33 heavy (non-hydrogen) atoms. The summed E-state index contributed by atoms with van der Waals surface area (Å²) < 4.78 is 20.5. The maximum atomic E-state index is 13.1. The molecule has 0 spiro atoms. The molecule has 0 N–H and O–H groups in total. The van der Waals surface area contributed by atoms with Crippen molar-refractivity contribution in [2.75, 3.05) is 26.2 Å². The van der Waals surface area contributed by atoms with Gasteiger partial charge in [0.25, 0.3) is 5.91 Å². The van der Waals surface area contributed by atoms with Gasteiger partial charge in [-0.05, 0) is 46.9 Å². The van der Waals surface area contributed by atoms with Gasteiger partial charge in [-0.3, -0.25) is 9.69 Å². The fraction of sp³-hybridized carbons (Fsp3) is 0.385. The summed E-state index contributed by atoms with van der Waals surface area (Å²) in [5.41, 5.74) is 2.85. The molecule has 1 fully saturated rings. The number of benzene rings is 2. The van der Waals surface area contributed by atoms with Gasteiger partial charge < -0.3 is 9.64 Å². The van der Waals surface area contributed by atoms with Crippen molar-refractivity contribution in [1.29, 1.82) is 0 Å². The van der Waals surface area contributed by atoms with Gasteiger partial charge >= 0.3 is 0 Å². The zero-order valence-corrected chi connectivity index (χ0v) is 19.5. The Morgan fingerprint density at radius 2 is 1.64 bits per heavy atom. The SMILES string of the molecule is CC(C)(C)c1ccc(OCn2ccc(C(=O)N3CCN(Cc4ccc(F)cc4)CC3)n2)cc1. The molecule has 2 heterocycles. The Morgan fingerprint density at radius 1 is 0.970 bits per heavy atom. The molecule has 0 unspecified atom stereocenters. The number of rotatable bonds is 6. The summed E-state index contributed by atoms with van der Waals surface area (Å²) in [6, 6.07) is 16.4. The number of hydrogen-bond donors (Lipinski definition) is 0. The van der Waals surface area contributed by atoms with Crippen LogP contribution in [-0.4, -0.2) is 51.7 Å². The molecule has 3 aromatic rings. The van der Waals surface area contributed by atoms with Crippen molar-refractivity contribution in [3.63, 3.8) is 0 Å². The second-order valence-electron chi connectivity index (χ2n) is 9.48. The summed E-state index contributed by atoms with van der Waals surface area (Å²) >= 11 is 0. The van der Waals surface area contributed by atoms with E-state index in [-0.39, 0.29) is 23.9 Å². The smallest absolute Gasteiger partial charge is 0.274 e. The van der Waals surface area contributed by atoms with Gasteiger partial charge in [0.05, 0.1) is 0 Å². The first-order valence-corrected chi connectivity index (χ1v) is 11.3. The van der Waals surface area contributed by atoms with Gasteiger partial charge in [0.15, 0.2) is 12.4 Å². The summed E-state index contributed by atoms with van der Waals surface area (Å²) in [5, 5.41) is 4.40. The Kier molecular flexibility index (Phi) is 6.79. The molecule has 174 valence electrons. The van der Waals surface area contributed by atoms with Gasteiger partial charge in [0, 0.05) is 38.9 Å². The van der Waals surface area contributed by atoms with Crippen LogP contribution in [0.4, 0.5) is 4.39 Å². The normalized spacial score (nSPS) is 15.0. The Labute approximate surface area is 194 Å². The molecular formula is C26H31FN4O2. The lowest BCUT2D eigenvalue weighted by atomic mass is 9.87. The van der Waals surface area contributed by atoms with Crippen LogP contribution >= 0.6 is 0 Å². The number of aromatic nitrogens is 2. The Bertz CT molecular complexity index is 1060. The Morgan fingerprint density at radius 3 is 2.27 bits per heavy atom. The van der Waals surface area contributed by atoms with Crippen molar-refractivity contribution < 1.29 is 13.9 Å². The number of carbonyl (C=O) groups excluding carboxylic acids is 1. The summed E-state index contributed by atoms with van der Waals surface area (Å²) in [6.07, 6.45) is 1.77. The number of piperazine rings is 1. The third-order valence-corrected chi connectivity index (χ3v) is 5.92. The minimum absolute atomic E-state index is 0.0651. The lowest BCUT2D eigenvalue weighted by Gasteiger charge is -2.34. The first-order valence-electron chi connectivity index (χ1n) is 11.3. The van der Waals surface area contributed by atoms with Crippen LogP contribution in [0, 0.1) is 5.82 Å². The summed E-state index contributed by atoms with van der Waals surface area (Å²) in [5.74, 6) is 0.478. The van der Waals surface area contributed by atoms with Gasteiger partial charge in [0.2, 0.25) is 0 Å². The van der Waals surface area contributed by atoms with Crippen LogP contribution < -0.4 is 4.74 Å². The molecule has 0 radical (unpaired) electrons. The van der Waals surface area contributed by atoms with Gasteiger partial charge in [-0.2, -0.15) is 5.10 Å². The van der Waals surface area contributed by atoms with Crippen LogP contribution in [0.25, 0.3) is 0 Å². The first kappa shape index (κ1) is 23.0. The van der Waals surface area contributed by atoms with Crippen LogP contribution in [0.1, 0.15) is 42.4 Å². The molecule has 0 bridgehead atoms. The second kappa shape index (κ2) is 9.75. The van der Waals surface area contributed by atoms with E-state index in [1.165, 1.54) is 17.7 Å². The molecule has 1 aliphatic heterocycles. The molecule has 1 aliphatic rings. The average molecular weight is 451 g/mol. The van der Waals surface area contributed by atoms with E-state index in [4.69, 9.17) is 4.74 Å². The zero-order chi connectivity index (χ0) is 23.4. The van der Waals surface area contributed by atoms with Crippen molar-refractivity contribution >= 4 is 5.91 Å². The van der Waals surface area contributed by atoms with E-state index in [9.17, 15) is 9.18 Å². The van der Waals surface area contributed by atoms with Crippen LogP contribution in [0.3, 0.4) is 0 Å². The Hall–Kier alpha value is -3.19. The fourth-order valence-corrected chi connectivity index (χ4v) is 3.86. The number of ether oxygens (including phenoxy) is 1. The summed E-state index contributed by atoms with van der Waals surface area (Å²) in [4.78, 5) is 17.0. The average Bonchev–Trinajstić information content (AvgIpc) is 3.28. The molecule has 0 atom stereocenters. The third kappa shape index (κ3) is 5.99. The van der Waals surface area contributed by atoms with E-state index in [0.717, 1.165) is 30.9 Å². The van der Waals surface area contributed by atoms with E-state index in [2.05, 4.69) is 42.9 Å². The van der Waals surface area contributed by atoms with Crippen molar-refractivity contribution in [3.8, 4) is 5.75 Å². The third-order valence-electron chi connectivity index (χ3n) is 5.92. The molecule has 2 aromatic carbocycles. The zero-order valence-electron chi connectivity index (χ0n) is 19.5. The molecular weight excluding hydrogens is 419 g/mol. The quantitative estimate of drug-likeness (QED) is 0.562. The highest BCUT2D eigenvalue weighted by Crippen LogP contribution is 2.24. The lowest BCUT2D eigenvalue weighted by molar-refractivity contribution is 0.0620. The fourth-order valence-electron chi connectivity index (χ4n) is 3.86. The van der Waals surface area contributed by atoms with Crippen LogP contribution in [0.15, 0.2) is 60.8 Å². The van der Waals surface area contributed by atoms with Crippen molar-refractivity contribution in [3.05, 3.63) is 83.4 Å². The van der Waals surface area contributed by atoms with E-state index in [1.807, 2.05) is 17.0 Å². The highest BCUT2D eigenvalue weighted by Gasteiger charge is 2.23. The number of hydrogen-bond acceptors (Lipinski definition) is 4. The van der Waals surface area contributed by atoms with Gasteiger partial charge in [-0.1, -0.05) is 45.0 Å². The monoisotopic (exact) mass is 450 g/mol. The summed E-state index contributed by atoms with van der Waals surface area (Å²) in [7, 11) is 0. The van der Waals surface area contributed by atoms with Gasteiger partial charge in [-0.15, -0.1) is 0 Å². The maximum Gasteiger partial charge on any atom is 0.274 e. The topological polar surface area (TPSA) is 50.6 Å². The highest BCUT2D eigenvalue weighted by molar-refractivity contribution is 5.92. The number of amides is 1. The van der Waals surface area contributed by atoms with Crippen molar-refractivity contribution in [1.82, 2.24) is 19.6 Å². The largest absolute Gasteiger partial charge is 0.471 e. The minimum atomic E-state index is -0.225. The number of nitrogens with zero attached hydrogens (tertiary/aromatic N) is 4. The molecule has 1 amide bonds. The molecule has 1 saturated heterocycles. The van der Waals surface area contributed by atoms with Gasteiger partial charge in [-0.25, -0.2) is 9.07 Å². The predicted octanol–water partition coefficient (Wildman–Crippen LogP) is 4.31. The molecule has 7 heteroatoms. The van der Waals surface area contributed by atoms with Crippen LogP contribution in [0.5, 0.6) is 5.75 Å². The van der Waals surface area contributed by atoms with Crippen LogP contribution in [-0.2, 0) is 18.7 Å². The van der Waals surface area contributed by atoms with E-state index in [0.29, 0.717) is 18.8 Å². The van der Waals surface area contributed by atoms with E-state index in [1.54, 1.807) is 29.1 Å². The van der Waals surface area contributed by atoms with Crippen LogP contribution in [0.2, 0.25) is 0 Å². The molecule has 0 saturated carbocycles. The lowest BCUT2D eigenvalue weighted by Crippen LogP contribution is -2.48. The number of halogens is 1. The molecule has 1 aromatic heterocycles. The molecule has 0 aliphatic carbocycles. The maximum absolute atomic E-state index is 13.1.